The van der Waals surface area contributed by atoms with Crippen molar-refractivity contribution < 1.29 is 28.8 Å². The monoisotopic (exact) mass is 381 g/mol. The van der Waals surface area contributed by atoms with Gasteiger partial charge in [0, 0.05) is 19.0 Å². The highest BCUT2D eigenvalue weighted by molar-refractivity contribution is 7.98. The summed E-state index contributed by atoms with van der Waals surface area (Å²) >= 11 is 1.54. The zero-order valence-corrected chi connectivity index (χ0v) is 15.7. The molecule has 1 aromatic carbocycles. The molecule has 2 saturated heterocycles. The first-order chi connectivity index (χ1) is 12.4. The van der Waals surface area contributed by atoms with Gasteiger partial charge in [-0.15, -0.1) is 0 Å². The number of esters is 1. The standard InChI is InChI=1S/C18H21FN2O4S/c1-21-15(22)12-13(16(21)23)18(8-9-26-3,17(24)25-2)20-14(12)10-6-4-5-7-11(10)19/h4-7,12-14,20H,8-9H2,1-3H3/p+1/t12-,13+,14+,18-/m1/s1. The van der Waals surface area contributed by atoms with Gasteiger partial charge in [-0.2, -0.15) is 11.8 Å². The third kappa shape index (κ3) is 2.63. The number of hydrogen-bond acceptors (Lipinski definition) is 5. The fraction of sp³-hybridized carbons (Fsp3) is 0.500. The van der Waals surface area contributed by atoms with E-state index < -0.39 is 41.1 Å². The number of ether oxygens (including phenoxy) is 1. The largest absolute Gasteiger partial charge is 0.464 e. The zero-order chi connectivity index (χ0) is 19.1. The molecule has 2 aliphatic heterocycles. The molecule has 2 heterocycles. The highest BCUT2D eigenvalue weighted by atomic mass is 32.2. The van der Waals surface area contributed by atoms with Crippen molar-refractivity contribution in [3.63, 3.8) is 0 Å². The van der Waals surface area contributed by atoms with Crippen LogP contribution in [0.2, 0.25) is 0 Å². The maximum atomic E-state index is 14.5. The van der Waals surface area contributed by atoms with Crippen LogP contribution in [0.3, 0.4) is 0 Å². The Morgan fingerprint density at radius 2 is 2.04 bits per heavy atom. The van der Waals surface area contributed by atoms with Crippen molar-refractivity contribution in [2.24, 2.45) is 11.8 Å². The molecule has 0 aromatic heterocycles. The molecule has 4 atom stereocenters. The van der Waals surface area contributed by atoms with Crippen molar-refractivity contribution >= 4 is 29.5 Å². The SMILES string of the molecule is COC(=O)[C@]1(CCSC)[NH2+][C@@H](c2ccccc2F)[C@@H]2C(=O)N(C)C(=O)[C@H]21. The Bertz CT molecular complexity index is 758. The summed E-state index contributed by atoms with van der Waals surface area (Å²) in [6.07, 6.45) is 2.26. The minimum Gasteiger partial charge on any atom is -0.464 e. The Morgan fingerprint density at radius 3 is 2.65 bits per heavy atom. The van der Waals surface area contributed by atoms with Crippen LogP contribution in [0.25, 0.3) is 0 Å². The number of halogens is 1. The van der Waals surface area contributed by atoms with E-state index in [2.05, 4.69) is 0 Å². The summed E-state index contributed by atoms with van der Waals surface area (Å²) in [5.41, 5.74) is -0.902. The minimum atomic E-state index is -1.23. The van der Waals surface area contributed by atoms with Gasteiger partial charge in [-0.25, -0.2) is 9.18 Å². The Labute approximate surface area is 155 Å². The third-order valence-corrected chi connectivity index (χ3v) is 6.15. The predicted octanol–water partition coefficient (Wildman–Crippen LogP) is 0.340. The van der Waals surface area contributed by atoms with Crippen LogP contribution in [-0.2, 0) is 19.1 Å². The Kier molecular flexibility index (Phi) is 5.07. The second-order valence-electron chi connectivity index (χ2n) is 6.73. The molecule has 0 aliphatic carbocycles. The number of amides is 2. The van der Waals surface area contributed by atoms with Gasteiger partial charge in [0.15, 0.2) is 0 Å². The number of thioether (sulfide) groups is 1. The molecule has 26 heavy (non-hydrogen) atoms. The van der Waals surface area contributed by atoms with Crippen LogP contribution in [0.4, 0.5) is 4.39 Å². The fourth-order valence-electron chi connectivity index (χ4n) is 4.29. The van der Waals surface area contributed by atoms with Gasteiger partial charge in [0.05, 0.1) is 7.11 Å². The number of benzene rings is 1. The molecule has 6 nitrogen and oxygen atoms in total. The number of fused-ring (bicyclic) bond motifs is 1. The quantitative estimate of drug-likeness (QED) is 0.588. The molecule has 1 aromatic rings. The zero-order valence-electron chi connectivity index (χ0n) is 14.9. The maximum absolute atomic E-state index is 14.5. The Hall–Kier alpha value is -1.93. The number of nitrogens with two attached hydrogens (primary N) is 1. The lowest BCUT2D eigenvalue weighted by Gasteiger charge is -2.28. The first-order valence-electron chi connectivity index (χ1n) is 8.38. The van der Waals surface area contributed by atoms with Crippen LogP contribution >= 0.6 is 11.8 Å². The van der Waals surface area contributed by atoms with E-state index in [-0.39, 0.29) is 5.91 Å². The normalized spacial score (nSPS) is 30.6. The molecule has 8 heteroatoms. The summed E-state index contributed by atoms with van der Waals surface area (Å²) < 4.78 is 19.5. The molecule has 2 aliphatic rings. The van der Waals surface area contributed by atoms with Crippen LogP contribution in [0.1, 0.15) is 18.0 Å². The minimum absolute atomic E-state index is 0.328. The molecular formula is C18H22FN2O4S+. The summed E-state index contributed by atoms with van der Waals surface area (Å²) in [5, 5.41) is 1.69. The topological polar surface area (TPSA) is 80.3 Å². The van der Waals surface area contributed by atoms with Crippen molar-refractivity contribution in [1.29, 1.82) is 0 Å². The lowest BCUT2D eigenvalue weighted by atomic mass is 9.78. The summed E-state index contributed by atoms with van der Waals surface area (Å²) in [6, 6.07) is 5.53. The van der Waals surface area contributed by atoms with E-state index in [4.69, 9.17) is 4.74 Å². The predicted molar refractivity (Wildman–Crippen MR) is 93.6 cm³/mol. The van der Waals surface area contributed by atoms with Gasteiger partial charge in [-0.05, 0) is 18.1 Å². The molecule has 2 N–H and O–H groups in total. The molecule has 2 fully saturated rings. The van der Waals surface area contributed by atoms with Crippen LogP contribution in [-0.4, -0.2) is 54.4 Å². The number of likely N-dealkylation sites (tertiary alicyclic amines) is 1. The van der Waals surface area contributed by atoms with E-state index in [0.717, 1.165) is 4.90 Å². The highest BCUT2D eigenvalue weighted by Crippen LogP contribution is 2.45. The first-order valence-corrected chi connectivity index (χ1v) is 9.77. The van der Waals surface area contributed by atoms with Crippen LogP contribution in [0.5, 0.6) is 0 Å². The molecular weight excluding hydrogens is 359 g/mol. The van der Waals surface area contributed by atoms with Gasteiger partial charge in [0.1, 0.15) is 23.7 Å². The summed E-state index contributed by atoms with van der Waals surface area (Å²) in [7, 11) is 2.69. The summed E-state index contributed by atoms with van der Waals surface area (Å²) in [6.45, 7) is 0. The molecule has 0 unspecified atom stereocenters. The molecule has 0 bridgehead atoms. The van der Waals surface area contributed by atoms with Crippen molar-refractivity contribution in [2.75, 3.05) is 26.2 Å². The van der Waals surface area contributed by atoms with E-state index in [1.165, 1.54) is 20.2 Å². The van der Waals surface area contributed by atoms with E-state index in [1.807, 2.05) is 6.26 Å². The van der Waals surface area contributed by atoms with Gasteiger partial charge in [0.2, 0.25) is 17.4 Å². The highest BCUT2D eigenvalue weighted by Gasteiger charge is 2.71. The van der Waals surface area contributed by atoms with Gasteiger partial charge in [0.25, 0.3) is 0 Å². The maximum Gasteiger partial charge on any atom is 0.368 e. The van der Waals surface area contributed by atoms with E-state index in [9.17, 15) is 18.8 Å². The van der Waals surface area contributed by atoms with Gasteiger partial charge < -0.3 is 10.1 Å². The van der Waals surface area contributed by atoms with E-state index in [1.54, 1.807) is 35.3 Å². The van der Waals surface area contributed by atoms with Gasteiger partial charge in [-0.3, -0.25) is 14.5 Å². The molecule has 0 radical (unpaired) electrons. The van der Waals surface area contributed by atoms with Crippen LogP contribution in [0.15, 0.2) is 24.3 Å². The number of imide groups is 1. The number of nitrogens with zero attached hydrogens (tertiary/aromatic N) is 1. The molecule has 0 saturated carbocycles. The van der Waals surface area contributed by atoms with Crippen LogP contribution < -0.4 is 5.32 Å². The van der Waals surface area contributed by atoms with Crippen molar-refractivity contribution in [3.05, 3.63) is 35.6 Å². The van der Waals surface area contributed by atoms with E-state index in [0.29, 0.717) is 17.7 Å². The Morgan fingerprint density at radius 1 is 1.35 bits per heavy atom. The van der Waals surface area contributed by atoms with Crippen molar-refractivity contribution in [2.45, 2.75) is 18.0 Å². The summed E-state index contributed by atoms with van der Waals surface area (Å²) in [4.78, 5) is 39.4. The van der Waals surface area contributed by atoms with Gasteiger partial charge >= 0.3 is 5.97 Å². The average molecular weight is 381 g/mol. The molecule has 0 spiro atoms. The fourth-order valence-corrected chi connectivity index (χ4v) is 4.83. The second-order valence-corrected chi connectivity index (χ2v) is 7.71. The number of carbonyl (C=O) groups excluding carboxylic acids is 3. The molecule has 2 amide bonds. The number of hydrogen-bond donors (Lipinski definition) is 1. The average Bonchev–Trinajstić information content (AvgIpc) is 3.10. The second kappa shape index (κ2) is 7.00. The number of quaternary nitrogens is 1. The summed E-state index contributed by atoms with van der Waals surface area (Å²) in [5.74, 6) is -2.80. The first kappa shape index (κ1) is 18.8. The molecule has 140 valence electrons. The number of rotatable bonds is 5. The molecule has 3 rings (SSSR count). The third-order valence-electron chi connectivity index (χ3n) is 5.54. The number of carbonyl (C=O) groups is 3. The van der Waals surface area contributed by atoms with Gasteiger partial charge in [-0.1, -0.05) is 18.2 Å². The lowest BCUT2D eigenvalue weighted by Crippen LogP contribution is -2.98. The number of methoxy groups -OCH3 is 1. The van der Waals surface area contributed by atoms with E-state index >= 15 is 0 Å². The van der Waals surface area contributed by atoms with Crippen molar-refractivity contribution in [3.8, 4) is 0 Å². The smallest absolute Gasteiger partial charge is 0.368 e. The van der Waals surface area contributed by atoms with Crippen molar-refractivity contribution in [1.82, 2.24) is 4.90 Å². The van der Waals surface area contributed by atoms with Crippen LogP contribution in [0, 0.1) is 17.7 Å². The Balaban J connectivity index is 2.15. The lowest BCUT2D eigenvalue weighted by molar-refractivity contribution is -0.734.